The molecule has 2 N–H and O–H groups in total. The molecule has 0 bridgehead atoms. The van der Waals surface area contributed by atoms with Crippen LogP contribution in [0, 0.1) is 6.92 Å². The summed E-state index contributed by atoms with van der Waals surface area (Å²) in [6, 6.07) is 0.882. The van der Waals surface area contributed by atoms with Crippen molar-refractivity contribution < 1.29 is 14.7 Å². The number of aryl methyl sites for hydroxylation is 1. The number of amides is 1. The van der Waals surface area contributed by atoms with E-state index in [-0.39, 0.29) is 5.91 Å². The molecular formula is C13H13N3O3S. The van der Waals surface area contributed by atoms with E-state index in [4.69, 9.17) is 0 Å². The fraction of sp³-hybridized carbons (Fsp3) is 0.308. The van der Waals surface area contributed by atoms with Gasteiger partial charge in [-0.25, -0.2) is 4.79 Å². The van der Waals surface area contributed by atoms with Gasteiger partial charge in [-0.2, -0.15) is 5.10 Å². The number of H-pyrrole nitrogens is 1. The first-order valence-corrected chi connectivity index (χ1v) is 7.07. The van der Waals surface area contributed by atoms with E-state index in [1.807, 2.05) is 5.38 Å². The van der Waals surface area contributed by atoms with Crippen LogP contribution in [0.2, 0.25) is 0 Å². The molecule has 0 spiro atoms. The van der Waals surface area contributed by atoms with Gasteiger partial charge in [-0.05, 0) is 30.4 Å². The molecule has 2 aromatic heterocycles. The van der Waals surface area contributed by atoms with Gasteiger partial charge in [0, 0.05) is 17.1 Å². The van der Waals surface area contributed by atoms with E-state index in [0.29, 0.717) is 24.2 Å². The number of thiophene rings is 1. The first kappa shape index (κ1) is 12.9. The zero-order valence-electron chi connectivity index (χ0n) is 10.8. The number of aliphatic carboxylic acids is 1. The van der Waals surface area contributed by atoms with Gasteiger partial charge in [-0.3, -0.25) is 9.89 Å². The Balaban J connectivity index is 2.00. The molecule has 3 rings (SSSR count). The van der Waals surface area contributed by atoms with E-state index in [0.717, 1.165) is 10.4 Å². The second-order valence-corrected chi connectivity index (χ2v) is 5.70. The molecule has 20 heavy (non-hydrogen) atoms. The number of carbonyl (C=O) groups is 2. The monoisotopic (exact) mass is 291 g/mol. The lowest BCUT2D eigenvalue weighted by Crippen LogP contribution is -2.43. The minimum atomic E-state index is -1.00. The predicted molar refractivity (Wildman–Crippen MR) is 72.8 cm³/mol. The van der Waals surface area contributed by atoms with E-state index in [1.165, 1.54) is 11.1 Å². The molecule has 6 nitrogen and oxygen atoms in total. The maximum absolute atomic E-state index is 12.5. The number of nitrogens with one attached hydrogen (secondary N) is 1. The number of aromatic amines is 1. The maximum Gasteiger partial charge on any atom is 0.331 e. The zero-order chi connectivity index (χ0) is 14.3. The average Bonchev–Trinajstić information content (AvgIpc) is 3.04. The molecule has 7 heteroatoms. The average molecular weight is 291 g/mol. The molecule has 0 radical (unpaired) electrons. The number of carboxylic acids is 1. The van der Waals surface area contributed by atoms with E-state index in [9.17, 15) is 14.7 Å². The Labute approximate surface area is 119 Å². The van der Waals surface area contributed by atoms with E-state index in [1.54, 1.807) is 24.3 Å². The van der Waals surface area contributed by atoms with Gasteiger partial charge in [0.2, 0.25) is 0 Å². The quantitative estimate of drug-likeness (QED) is 0.880. The summed E-state index contributed by atoms with van der Waals surface area (Å²) in [5.74, 6) is -1.29. The molecule has 1 aliphatic rings. The molecule has 0 aromatic carbocycles. The van der Waals surface area contributed by atoms with Crippen LogP contribution in [-0.2, 0) is 11.2 Å². The third kappa shape index (κ3) is 1.90. The summed E-state index contributed by atoms with van der Waals surface area (Å²) in [5, 5.41) is 17.9. The summed E-state index contributed by atoms with van der Waals surface area (Å²) >= 11 is 1.54. The lowest BCUT2D eigenvalue weighted by molar-refractivity contribution is -0.142. The van der Waals surface area contributed by atoms with Crippen LogP contribution in [-0.4, -0.2) is 38.6 Å². The van der Waals surface area contributed by atoms with E-state index < -0.39 is 12.0 Å². The zero-order valence-corrected chi connectivity index (χ0v) is 11.6. The van der Waals surface area contributed by atoms with E-state index in [2.05, 4.69) is 10.2 Å². The van der Waals surface area contributed by atoms with Crippen LogP contribution in [0.1, 0.15) is 32.5 Å². The van der Waals surface area contributed by atoms with Gasteiger partial charge in [0.25, 0.3) is 5.91 Å². The molecule has 0 saturated carbocycles. The molecular weight excluding hydrogens is 278 g/mol. The summed E-state index contributed by atoms with van der Waals surface area (Å²) in [4.78, 5) is 26.6. The van der Waals surface area contributed by atoms with Crippen LogP contribution < -0.4 is 0 Å². The minimum Gasteiger partial charge on any atom is -0.479 e. The second-order valence-electron chi connectivity index (χ2n) is 4.70. The van der Waals surface area contributed by atoms with Gasteiger partial charge in [0.05, 0.1) is 11.8 Å². The first-order valence-electron chi connectivity index (χ1n) is 6.19. The highest BCUT2D eigenvalue weighted by molar-refractivity contribution is 7.10. The molecule has 0 aliphatic carbocycles. The Morgan fingerprint density at radius 3 is 3.00 bits per heavy atom. The highest BCUT2D eigenvalue weighted by atomic mass is 32.1. The first-order chi connectivity index (χ1) is 9.59. The van der Waals surface area contributed by atoms with Crippen molar-refractivity contribution in [2.24, 2.45) is 0 Å². The molecule has 1 aliphatic heterocycles. The van der Waals surface area contributed by atoms with Crippen molar-refractivity contribution in [1.29, 1.82) is 0 Å². The Hall–Kier alpha value is -2.15. The molecule has 2 aromatic rings. The topological polar surface area (TPSA) is 86.3 Å². The molecule has 104 valence electrons. The highest BCUT2D eigenvalue weighted by Gasteiger charge is 2.37. The third-order valence-electron chi connectivity index (χ3n) is 3.52. The second kappa shape index (κ2) is 4.75. The van der Waals surface area contributed by atoms with E-state index >= 15 is 0 Å². The summed E-state index contributed by atoms with van der Waals surface area (Å²) < 4.78 is 0. The molecule has 1 amide bonds. The predicted octanol–water partition coefficient (Wildman–Crippen LogP) is 1.60. The van der Waals surface area contributed by atoms with Crippen LogP contribution in [0.25, 0.3) is 0 Å². The standard InChI is InChI=1S/C13H13N3O3S/c1-7-9(6-14-15-7)12(17)16-4-2-10-8(3-5-20-10)11(16)13(18)19/h3,5-6,11H,2,4H2,1H3,(H,14,15)(H,18,19). The van der Waals surface area contributed by atoms with Crippen molar-refractivity contribution >= 4 is 23.2 Å². The molecule has 1 atom stereocenters. The van der Waals surface area contributed by atoms with Crippen molar-refractivity contribution in [2.45, 2.75) is 19.4 Å². The normalized spacial score (nSPS) is 17.9. The minimum absolute atomic E-state index is 0.291. The number of hydrogen-bond donors (Lipinski definition) is 2. The summed E-state index contributed by atoms with van der Waals surface area (Å²) in [5.41, 5.74) is 1.80. The third-order valence-corrected chi connectivity index (χ3v) is 4.52. The van der Waals surface area contributed by atoms with Crippen LogP contribution in [0.4, 0.5) is 0 Å². The lowest BCUT2D eigenvalue weighted by Gasteiger charge is -2.33. The van der Waals surface area contributed by atoms with Crippen LogP contribution >= 0.6 is 11.3 Å². The Morgan fingerprint density at radius 1 is 1.55 bits per heavy atom. The summed E-state index contributed by atoms with van der Waals surface area (Å²) in [6.45, 7) is 2.16. The maximum atomic E-state index is 12.5. The van der Waals surface area contributed by atoms with Gasteiger partial charge in [-0.15, -0.1) is 11.3 Å². The van der Waals surface area contributed by atoms with Crippen molar-refractivity contribution in [2.75, 3.05) is 6.54 Å². The number of fused-ring (bicyclic) bond motifs is 1. The smallest absolute Gasteiger partial charge is 0.331 e. The molecule has 0 saturated heterocycles. The lowest BCUT2D eigenvalue weighted by atomic mass is 9.99. The van der Waals surface area contributed by atoms with Gasteiger partial charge >= 0.3 is 5.97 Å². The Morgan fingerprint density at radius 2 is 2.35 bits per heavy atom. The van der Waals surface area contributed by atoms with Crippen molar-refractivity contribution in [3.63, 3.8) is 0 Å². The number of carboxylic acid groups (broad SMARTS) is 1. The van der Waals surface area contributed by atoms with Crippen LogP contribution in [0.3, 0.4) is 0 Å². The number of carbonyl (C=O) groups excluding carboxylic acids is 1. The summed E-state index contributed by atoms with van der Waals surface area (Å²) in [6.07, 6.45) is 2.14. The largest absolute Gasteiger partial charge is 0.479 e. The van der Waals surface area contributed by atoms with Crippen LogP contribution in [0.15, 0.2) is 17.6 Å². The SMILES string of the molecule is Cc1[nH]ncc1C(=O)N1CCc2sccc2C1C(=O)O. The number of aromatic nitrogens is 2. The van der Waals surface area contributed by atoms with Gasteiger partial charge < -0.3 is 10.0 Å². The summed E-state index contributed by atoms with van der Waals surface area (Å²) in [7, 11) is 0. The number of nitrogens with zero attached hydrogens (tertiary/aromatic N) is 2. The van der Waals surface area contributed by atoms with Crippen molar-refractivity contribution in [3.8, 4) is 0 Å². The van der Waals surface area contributed by atoms with Gasteiger partial charge in [-0.1, -0.05) is 0 Å². The Bertz CT molecular complexity index is 676. The molecule has 1 unspecified atom stereocenters. The molecule has 3 heterocycles. The van der Waals surface area contributed by atoms with Crippen molar-refractivity contribution in [3.05, 3.63) is 39.3 Å². The van der Waals surface area contributed by atoms with Crippen molar-refractivity contribution in [1.82, 2.24) is 15.1 Å². The highest BCUT2D eigenvalue weighted by Crippen LogP contribution is 2.34. The van der Waals surface area contributed by atoms with Gasteiger partial charge in [0.1, 0.15) is 0 Å². The van der Waals surface area contributed by atoms with Gasteiger partial charge in [0.15, 0.2) is 6.04 Å². The molecule has 0 fully saturated rings. The fourth-order valence-corrected chi connectivity index (χ4v) is 3.43. The Kier molecular flexibility index (Phi) is 3.06. The number of hydrogen-bond acceptors (Lipinski definition) is 4. The fourth-order valence-electron chi connectivity index (χ4n) is 2.52. The van der Waals surface area contributed by atoms with Crippen LogP contribution in [0.5, 0.6) is 0 Å². The number of rotatable bonds is 2.